The van der Waals surface area contributed by atoms with Crippen molar-refractivity contribution in [3.63, 3.8) is 0 Å². The van der Waals surface area contributed by atoms with E-state index in [1.54, 1.807) is 12.1 Å². The maximum Gasteiger partial charge on any atom is 0.261 e. The van der Waals surface area contributed by atoms with Gasteiger partial charge in [0.1, 0.15) is 5.88 Å². The van der Waals surface area contributed by atoms with Crippen molar-refractivity contribution in [3.05, 3.63) is 29.3 Å². The largest absolute Gasteiger partial charge is 0.376 e. The molecular weight excluding hydrogens is 308 g/mol. The molecule has 1 aromatic carbocycles. The molecule has 0 saturated carbocycles. The number of ether oxygens (including phenoxy) is 1. The normalized spacial score (nSPS) is 20.4. The van der Waals surface area contributed by atoms with E-state index >= 15 is 0 Å². The van der Waals surface area contributed by atoms with E-state index in [-0.39, 0.29) is 36.3 Å². The first-order valence-electron chi connectivity index (χ1n) is 7.08. The van der Waals surface area contributed by atoms with Crippen LogP contribution in [0.25, 0.3) is 0 Å². The Morgan fingerprint density at radius 1 is 1.32 bits per heavy atom. The number of carbonyl (C=O) groups excluding carboxylic acids is 3. The minimum absolute atomic E-state index is 0.0855. The zero-order valence-electron chi connectivity index (χ0n) is 11.8. The van der Waals surface area contributed by atoms with Crippen LogP contribution >= 0.6 is 11.6 Å². The standard InChI is InChI=1S/C15H15ClN2O4/c16-7-13(19)17-9-3-4-11-12(6-9)15(21)18(14(11)20)8-10-2-1-5-22-10/h3-4,6,10H,1-2,5,7-8H2,(H,17,19). The number of carbonyl (C=O) groups is 3. The summed E-state index contributed by atoms with van der Waals surface area (Å²) in [6, 6.07) is 4.65. The number of imide groups is 1. The zero-order valence-corrected chi connectivity index (χ0v) is 12.6. The molecule has 0 bridgehead atoms. The Kier molecular flexibility index (Phi) is 4.13. The summed E-state index contributed by atoms with van der Waals surface area (Å²) in [6.45, 7) is 0.943. The molecule has 0 radical (unpaired) electrons. The number of nitrogens with zero attached hydrogens (tertiary/aromatic N) is 1. The van der Waals surface area contributed by atoms with Gasteiger partial charge in [-0.1, -0.05) is 0 Å². The van der Waals surface area contributed by atoms with Gasteiger partial charge in [-0.25, -0.2) is 0 Å². The molecule has 6 nitrogen and oxygen atoms in total. The van der Waals surface area contributed by atoms with Gasteiger partial charge in [0.25, 0.3) is 11.8 Å². The van der Waals surface area contributed by atoms with Crippen LogP contribution in [-0.4, -0.2) is 47.8 Å². The van der Waals surface area contributed by atoms with Crippen LogP contribution < -0.4 is 5.32 Å². The third-order valence-electron chi connectivity index (χ3n) is 3.79. The molecule has 2 aliphatic heterocycles. The van der Waals surface area contributed by atoms with Crippen LogP contribution in [0, 0.1) is 0 Å². The van der Waals surface area contributed by atoms with E-state index in [4.69, 9.17) is 16.3 Å². The lowest BCUT2D eigenvalue weighted by molar-refractivity contribution is -0.113. The second kappa shape index (κ2) is 6.06. The lowest BCUT2D eigenvalue weighted by Crippen LogP contribution is -2.36. The van der Waals surface area contributed by atoms with Crippen molar-refractivity contribution in [3.8, 4) is 0 Å². The van der Waals surface area contributed by atoms with E-state index in [1.807, 2.05) is 0 Å². The summed E-state index contributed by atoms with van der Waals surface area (Å²) in [6.07, 6.45) is 1.71. The molecule has 0 spiro atoms. The van der Waals surface area contributed by atoms with Gasteiger partial charge in [-0.05, 0) is 31.0 Å². The molecule has 1 saturated heterocycles. The molecule has 2 heterocycles. The van der Waals surface area contributed by atoms with Crippen LogP contribution in [0.1, 0.15) is 33.6 Å². The minimum atomic E-state index is -0.366. The first kappa shape index (κ1) is 15.0. The molecule has 3 amide bonds. The van der Waals surface area contributed by atoms with Gasteiger partial charge < -0.3 is 10.1 Å². The number of benzene rings is 1. The van der Waals surface area contributed by atoms with Crippen molar-refractivity contribution < 1.29 is 19.1 Å². The quantitative estimate of drug-likeness (QED) is 0.675. The number of rotatable bonds is 4. The second-order valence-corrected chi connectivity index (χ2v) is 5.57. The van der Waals surface area contributed by atoms with Crippen molar-refractivity contribution in [2.24, 2.45) is 0 Å². The highest BCUT2D eigenvalue weighted by Gasteiger charge is 2.37. The average molecular weight is 323 g/mol. The number of halogens is 1. The van der Waals surface area contributed by atoms with Gasteiger partial charge >= 0.3 is 0 Å². The van der Waals surface area contributed by atoms with Gasteiger partial charge in [-0.3, -0.25) is 19.3 Å². The van der Waals surface area contributed by atoms with E-state index in [9.17, 15) is 14.4 Å². The smallest absolute Gasteiger partial charge is 0.261 e. The zero-order chi connectivity index (χ0) is 15.7. The van der Waals surface area contributed by atoms with Gasteiger partial charge in [-0.15, -0.1) is 11.6 Å². The van der Waals surface area contributed by atoms with Crippen LogP contribution in [0.3, 0.4) is 0 Å². The minimum Gasteiger partial charge on any atom is -0.376 e. The van der Waals surface area contributed by atoms with Crippen LogP contribution in [0.15, 0.2) is 18.2 Å². The third-order valence-corrected chi connectivity index (χ3v) is 4.03. The Labute approximate surface area is 132 Å². The van der Waals surface area contributed by atoms with Crippen molar-refractivity contribution >= 4 is 35.0 Å². The highest BCUT2D eigenvalue weighted by atomic mass is 35.5. The molecule has 1 fully saturated rings. The topological polar surface area (TPSA) is 75.7 Å². The molecule has 1 atom stereocenters. The van der Waals surface area contributed by atoms with Gasteiger partial charge in [0.2, 0.25) is 5.91 Å². The van der Waals surface area contributed by atoms with Crippen LogP contribution in [0.5, 0.6) is 0 Å². The average Bonchev–Trinajstić information content (AvgIpc) is 3.11. The molecule has 0 aromatic heterocycles. The fraction of sp³-hybridized carbons (Fsp3) is 0.400. The summed E-state index contributed by atoms with van der Waals surface area (Å²) in [5.74, 6) is -1.20. The van der Waals surface area contributed by atoms with Crippen LogP contribution in [0.2, 0.25) is 0 Å². The summed E-state index contributed by atoms with van der Waals surface area (Å²) in [7, 11) is 0. The SMILES string of the molecule is O=C(CCl)Nc1ccc2c(c1)C(=O)N(CC1CCCO1)C2=O. The van der Waals surface area contributed by atoms with Crippen molar-refractivity contribution in [2.75, 3.05) is 24.3 Å². The molecule has 3 rings (SSSR count). The van der Waals surface area contributed by atoms with E-state index in [0.29, 0.717) is 23.4 Å². The number of fused-ring (bicyclic) bond motifs is 1. The van der Waals surface area contributed by atoms with Crippen LogP contribution in [0.4, 0.5) is 5.69 Å². The lowest BCUT2D eigenvalue weighted by atomic mass is 10.1. The van der Waals surface area contributed by atoms with E-state index < -0.39 is 0 Å². The highest BCUT2D eigenvalue weighted by Crippen LogP contribution is 2.27. The maximum atomic E-state index is 12.4. The van der Waals surface area contributed by atoms with Gasteiger partial charge in [0, 0.05) is 12.3 Å². The molecule has 2 aliphatic rings. The number of alkyl halides is 1. The predicted octanol–water partition coefficient (Wildman–Crippen LogP) is 1.64. The predicted molar refractivity (Wildman–Crippen MR) is 80.1 cm³/mol. The molecule has 1 unspecified atom stereocenters. The Hall–Kier alpha value is -1.92. The van der Waals surface area contributed by atoms with Crippen molar-refractivity contribution in [2.45, 2.75) is 18.9 Å². The van der Waals surface area contributed by atoms with Crippen molar-refractivity contribution in [1.29, 1.82) is 0 Å². The van der Waals surface area contributed by atoms with E-state index in [2.05, 4.69) is 5.32 Å². The maximum absolute atomic E-state index is 12.4. The van der Waals surface area contributed by atoms with Gasteiger partial charge in [0.05, 0.1) is 23.8 Å². The van der Waals surface area contributed by atoms with E-state index in [0.717, 1.165) is 12.8 Å². The molecule has 0 aliphatic carbocycles. The summed E-state index contributed by atoms with van der Waals surface area (Å²) in [5, 5.41) is 2.57. The van der Waals surface area contributed by atoms with Crippen LogP contribution in [-0.2, 0) is 9.53 Å². The molecule has 22 heavy (non-hydrogen) atoms. The highest BCUT2D eigenvalue weighted by molar-refractivity contribution is 6.29. The monoisotopic (exact) mass is 322 g/mol. The molecule has 116 valence electrons. The summed E-state index contributed by atoms with van der Waals surface area (Å²) < 4.78 is 5.48. The second-order valence-electron chi connectivity index (χ2n) is 5.30. The summed E-state index contributed by atoms with van der Waals surface area (Å²) in [4.78, 5) is 37.3. The first-order chi connectivity index (χ1) is 10.6. The fourth-order valence-electron chi connectivity index (χ4n) is 2.72. The lowest BCUT2D eigenvalue weighted by Gasteiger charge is -2.17. The van der Waals surface area contributed by atoms with Crippen molar-refractivity contribution in [1.82, 2.24) is 4.90 Å². The number of anilines is 1. The summed E-state index contributed by atoms with van der Waals surface area (Å²) in [5.41, 5.74) is 1.10. The Balaban J connectivity index is 1.80. The third kappa shape index (κ3) is 2.71. The first-order valence-corrected chi connectivity index (χ1v) is 7.61. The van der Waals surface area contributed by atoms with Gasteiger partial charge in [0.15, 0.2) is 0 Å². The molecule has 1 aromatic rings. The Bertz CT molecular complexity index is 640. The number of nitrogens with one attached hydrogen (secondary N) is 1. The Morgan fingerprint density at radius 2 is 2.09 bits per heavy atom. The molecular formula is C15H15ClN2O4. The summed E-state index contributed by atoms with van der Waals surface area (Å²) >= 11 is 5.43. The fourth-order valence-corrected chi connectivity index (χ4v) is 2.79. The van der Waals surface area contributed by atoms with Gasteiger partial charge in [-0.2, -0.15) is 0 Å². The number of hydrogen-bond acceptors (Lipinski definition) is 4. The van der Waals surface area contributed by atoms with E-state index in [1.165, 1.54) is 11.0 Å². The molecule has 7 heteroatoms. The number of amides is 3. The Morgan fingerprint density at radius 3 is 2.77 bits per heavy atom. The molecule has 1 N–H and O–H groups in total. The number of hydrogen-bond donors (Lipinski definition) is 1.